The van der Waals surface area contributed by atoms with Crippen LogP contribution in [0.15, 0.2) is 41.0 Å². The SMILES string of the molecule is Cc1cc(NC(=O)c2cc(Br)ccc2O)ccn1. The monoisotopic (exact) mass is 306 g/mol. The van der Waals surface area contributed by atoms with Crippen LogP contribution in [0.4, 0.5) is 5.69 Å². The van der Waals surface area contributed by atoms with E-state index >= 15 is 0 Å². The van der Waals surface area contributed by atoms with Crippen molar-refractivity contribution in [1.82, 2.24) is 4.98 Å². The number of nitrogens with one attached hydrogen (secondary N) is 1. The Kier molecular flexibility index (Phi) is 3.62. The summed E-state index contributed by atoms with van der Waals surface area (Å²) in [5.74, 6) is -0.416. The first-order valence-corrected chi connectivity index (χ1v) is 6.08. The average molecular weight is 307 g/mol. The first kappa shape index (κ1) is 12.6. The molecular formula is C13H11BrN2O2. The van der Waals surface area contributed by atoms with Gasteiger partial charge >= 0.3 is 0 Å². The number of benzene rings is 1. The predicted octanol–water partition coefficient (Wildman–Crippen LogP) is 3.11. The summed E-state index contributed by atoms with van der Waals surface area (Å²) in [6.45, 7) is 1.84. The molecule has 0 spiro atoms. The second-order valence-electron chi connectivity index (χ2n) is 3.80. The molecule has 5 heteroatoms. The zero-order chi connectivity index (χ0) is 13.1. The van der Waals surface area contributed by atoms with Gasteiger partial charge in [-0.3, -0.25) is 9.78 Å². The van der Waals surface area contributed by atoms with Gasteiger partial charge in [-0.15, -0.1) is 0 Å². The van der Waals surface area contributed by atoms with Crippen molar-refractivity contribution in [1.29, 1.82) is 0 Å². The summed E-state index contributed by atoms with van der Waals surface area (Å²) in [5, 5.41) is 12.4. The van der Waals surface area contributed by atoms with E-state index in [9.17, 15) is 9.90 Å². The number of aromatic hydroxyl groups is 1. The van der Waals surface area contributed by atoms with Gasteiger partial charge in [0.2, 0.25) is 0 Å². The molecule has 0 fully saturated rings. The van der Waals surface area contributed by atoms with Crippen LogP contribution in [0.1, 0.15) is 16.1 Å². The molecule has 1 aromatic carbocycles. The van der Waals surface area contributed by atoms with Gasteiger partial charge in [-0.1, -0.05) is 15.9 Å². The lowest BCUT2D eigenvalue weighted by Gasteiger charge is -2.07. The normalized spacial score (nSPS) is 10.1. The Morgan fingerprint density at radius 1 is 1.33 bits per heavy atom. The molecule has 4 nitrogen and oxygen atoms in total. The highest BCUT2D eigenvalue weighted by atomic mass is 79.9. The second-order valence-corrected chi connectivity index (χ2v) is 4.72. The molecule has 92 valence electrons. The van der Waals surface area contributed by atoms with E-state index in [4.69, 9.17) is 0 Å². The van der Waals surface area contributed by atoms with Crippen molar-refractivity contribution in [3.05, 3.63) is 52.3 Å². The molecule has 18 heavy (non-hydrogen) atoms. The standard InChI is InChI=1S/C13H11BrN2O2/c1-8-6-10(4-5-15-8)16-13(18)11-7-9(14)2-3-12(11)17/h2-7,17H,1H3,(H,15,16,18). The molecule has 0 aliphatic rings. The molecule has 0 saturated heterocycles. The van der Waals surface area contributed by atoms with Crippen LogP contribution in [0.25, 0.3) is 0 Å². The fraction of sp³-hybridized carbons (Fsp3) is 0.0769. The van der Waals surface area contributed by atoms with Gasteiger partial charge in [0.25, 0.3) is 5.91 Å². The third-order valence-corrected chi connectivity index (χ3v) is 2.85. The van der Waals surface area contributed by atoms with Crippen LogP contribution in [-0.4, -0.2) is 16.0 Å². The third-order valence-electron chi connectivity index (χ3n) is 2.36. The summed E-state index contributed by atoms with van der Waals surface area (Å²) >= 11 is 3.26. The van der Waals surface area contributed by atoms with Crippen molar-refractivity contribution in [2.24, 2.45) is 0 Å². The highest BCUT2D eigenvalue weighted by Gasteiger charge is 2.11. The molecule has 0 radical (unpaired) electrons. The van der Waals surface area contributed by atoms with Gasteiger partial charge < -0.3 is 10.4 Å². The number of amides is 1. The summed E-state index contributed by atoms with van der Waals surface area (Å²) in [5.41, 5.74) is 1.68. The maximum absolute atomic E-state index is 12.0. The van der Waals surface area contributed by atoms with Crippen molar-refractivity contribution in [2.45, 2.75) is 6.92 Å². The minimum Gasteiger partial charge on any atom is -0.507 e. The molecule has 0 bridgehead atoms. The smallest absolute Gasteiger partial charge is 0.259 e. The summed E-state index contributed by atoms with van der Waals surface area (Å²) in [7, 11) is 0. The molecule has 1 aromatic heterocycles. The van der Waals surface area contributed by atoms with Gasteiger partial charge in [-0.05, 0) is 37.3 Å². The van der Waals surface area contributed by atoms with Crippen LogP contribution in [-0.2, 0) is 0 Å². The van der Waals surface area contributed by atoms with E-state index in [1.807, 2.05) is 6.92 Å². The van der Waals surface area contributed by atoms with Gasteiger partial charge in [0.1, 0.15) is 5.75 Å². The molecule has 2 N–H and O–H groups in total. The Bertz CT molecular complexity index is 599. The lowest BCUT2D eigenvalue weighted by Crippen LogP contribution is -2.12. The largest absolute Gasteiger partial charge is 0.507 e. The topological polar surface area (TPSA) is 62.2 Å². The number of anilines is 1. The number of hydrogen-bond donors (Lipinski definition) is 2. The Morgan fingerprint density at radius 2 is 2.11 bits per heavy atom. The van der Waals surface area contributed by atoms with E-state index in [1.165, 1.54) is 6.07 Å². The number of nitrogens with zero attached hydrogens (tertiary/aromatic N) is 1. The quantitative estimate of drug-likeness (QED) is 0.896. The Morgan fingerprint density at radius 3 is 2.83 bits per heavy atom. The molecule has 0 aliphatic heterocycles. The summed E-state index contributed by atoms with van der Waals surface area (Å²) in [6.07, 6.45) is 1.62. The van der Waals surface area contributed by atoms with Crippen molar-refractivity contribution < 1.29 is 9.90 Å². The number of aryl methyl sites for hydroxylation is 1. The van der Waals surface area contributed by atoms with Crippen LogP contribution >= 0.6 is 15.9 Å². The molecule has 0 atom stereocenters. The number of halogens is 1. The molecule has 2 aromatic rings. The highest BCUT2D eigenvalue weighted by molar-refractivity contribution is 9.10. The lowest BCUT2D eigenvalue weighted by atomic mass is 10.2. The predicted molar refractivity (Wildman–Crippen MR) is 72.7 cm³/mol. The van der Waals surface area contributed by atoms with Crippen molar-refractivity contribution in [2.75, 3.05) is 5.32 Å². The second kappa shape index (κ2) is 5.18. The Hall–Kier alpha value is -1.88. The highest BCUT2D eigenvalue weighted by Crippen LogP contribution is 2.22. The summed E-state index contributed by atoms with van der Waals surface area (Å²) in [4.78, 5) is 16.0. The number of pyridine rings is 1. The van der Waals surface area contributed by atoms with E-state index in [-0.39, 0.29) is 17.2 Å². The number of carbonyl (C=O) groups is 1. The number of rotatable bonds is 2. The maximum atomic E-state index is 12.0. The van der Waals surface area contributed by atoms with Crippen molar-refractivity contribution >= 4 is 27.5 Å². The number of phenolic OH excluding ortho intramolecular Hbond substituents is 1. The molecule has 0 saturated carbocycles. The fourth-order valence-corrected chi connectivity index (χ4v) is 1.87. The Labute approximate surface area is 113 Å². The van der Waals surface area contributed by atoms with E-state index in [2.05, 4.69) is 26.2 Å². The fourth-order valence-electron chi connectivity index (χ4n) is 1.51. The van der Waals surface area contributed by atoms with Crippen molar-refractivity contribution in [3.63, 3.8) is 0 Å². The molecule has 1 amide bonds. The maximum Gasteiger partial charge on any atom is 0.259 e. The van der Waals surface area contributed by atoms with Crippen LogP contribution in [0.2, 0.25) is 0 Å². The molecule has 0 aliphatic carbocycles. The van der Waals surface area contributed by atoms with Gasteiger partial charge in [0, 0.05) is 22.1 Å². The third kappa shape index (κ3) is 2.87. The molecule has 1 heterocycles. The zero-order valence-electron chi connectivity index (χ0n) is 9.64. The average Bonchev–Trinajstić information content (AvgIpc) is 2.32. The molecule has 2 rings (SSSR count). The van der Waals surface area contributed by atoms with Crippen LogP contribution in [0.5, 0.6) is 5.75 Å². The van der Waals surface area contributed by atoms with Gasteiger partial charge in [0.05, 0.1) is 5.56 Å². The first-order chi connectivity index (χ1) is 8.56. The summed E-state index contributed by atoms with van der Waals surface area (Å²) in [6, 6.07) is 8.16. The van der Waals surface area contributed by atoms with Crippen LogP contribution in [0.3, 0.4) is 0 Å². The van der Waals surface area contributed by atoms with E-state index in [0.717, 1.165) is 10.2 Å². The Balaban J connectivity index is 2.24. The number of phenols is 1. The summed E-state index contributed by atoms with van der Waals surface area (Å²) < 4.78 is 0.733. The number of hydrogen-bond acceptors (Lipinski definition) is 3. The van der Waals surface area contributed by atoms with Crippen LogP contribution < -0.4 is 5.32 Å². The molecule has 0 unspecified atom stereocenters. The minimum absolute atomic E-state index is 0.0542. The number of aromatic nitrogens is 1. The first-order valence-electron chi connectivity index (χ1n) is 5.29. The van der Waals surface area contributed by atoms with Gasteiger partial charge in [-0.2, -0.15) is 0 Å². The lowest BCUT2D eigenvalue weighted by molar-refractivity contribution is 0.102. The molecular weight excluding hydrogens is 296 g/mol. The van der Waals surface area contributed by atoms with E-state index < -0.39 is 0 Å². The minimum atomic E-state index is -0.362. The van der Waals surface area contributed by atoms with Gasteiger partial charge in [-0.25, -0.2) is 0 Å². The van der Waals surface area contributed by atoms with Crippen molar-refractivity contribution in [3.8, 4) is 5.75 Å². The van der Waals surface area contributed by atoms with Gasteiger partial charge in [0.15, 0.2) is 0 Å². The number of carbonyl (C=O) groups excluding carboxylic acids is 1. The van der Waals surface area contributed by atoms with Crippen LogP contribution in [0, 0.1) is 6.92 Å². The zero-order valence-corrected chi connectivity index (χ0v) is 11.2. The van der Waals surface area contributed by atoms with E-state index in [0.29, 0.717) is 5.69 Å². The van der Waals surface area contributed by atoms with E-state index in [1.54, 1.807) is 30.5 Å².